The second-order valence-corrected chi connectivity index (χ2v) is 8.80. The summed E-state index contributed by atoms with van der Waals surface area (Å²) in [5.41, 5.74) is 1.52. The highest BCUT2D eigenvalue weighted by atomic mass is 32.1. The molecule has 2 heterocycles. The summed E-state index contributed by atoms with van der Waals surface area (Å²) in [5, 5.41) is 7.58. The molecule has 0 amide bonds. The van der Waals surface area contributed by atoms with Crippen molar-refractivity contribution >= 4 is 11.3 Å². The van der Waals surface area contributed by atoms with Crippen molar-refractivity contribution < 1.29 is 0 Å². The van der Waals surface area contributed by atoms with E-state index in [9.17, 15) is 0 Å². The Morgan fingerprint density at radius 2 is 2.05 bits per heavy atom. The number of hydrogen-bond acceptors (Lipinski definition) is 4. The molecule has 1 saturated carbocycles. The van der Waals surface area contributed by atoms with Gasteiger partial charge in [-0.25, -0.2) is 4.98 Å². The highest BCUT2D eigenvalue weighted by Crippen LogP contribution is 2.39. The monoisotopic (exact) mass is 307 g/mol. The molecule has 3 nitrogen and oxygen atoms in total. The Kier molecular flexibility index (Phi) is 4.15. The van der Waals surface area contributed by atoms with E-state index in [-0.39, 0.29) is 11.0 Å². The number of likely N-dealkylation sites (tertiary alicyclic amines) is 1. The molecule has 2 fully saturated rings. The molecule has 21 heavy (non-hydrogen) atoms. The van der Waals surface area contributed by atoms with Crippen molar-refractivity contribution in [3.63, 3.8) is 0 Å². The second-order valence-electron chi connectivity index (χ2n) is 7.95. The van der Waals surface area contributed by atoms with Gasteiger partial charge in [-0.1, -0.05) is 20.8 Å². The van der Waals surface area contributed by atoms with Gasteiger partial charge in [0, 0.05) is 23.4 Å². The van der Waals surface area contributed by atoms with Crippen molar-refractivity contribution in [1.82, 2.24) is 15.2 Å². The minimum absolute atomic E-state index is 0.125. The summed E-state index contributed by atoms with van der Waals surface area (Å²) in [5.74, 6) is 0. The molecule has 1 aliphatic carbocycles. The zero-order valence-corrected chi connectivity index (χ0v) is 14.7. The largest absolute Gasteiger partial charge is 0.306 e. The van der Waals surface area contributed by atoms with Gasteiger partial charge in [-0.15, -0.1) is 11.3 Å². The Morgan fingerprint density at radius 3 is 2.67 bits per heavy atom. The molecule has 1 atom stereocenters. The van der Waals surface area contributed by atoms with Crippen molar-refractivity contribution in [3.05, 3.63) is 16.1 Å². The van der Waals surface area contributed by atoms with Gasteiger partial charge in [-0.3, -0.25) is 0 Å². The van der Waals surface area contributed by atoms with E-state index in [0.717, 1.165) is 6.04 Å². The maximum absolute atomic E-state index is 5.06. The van der Waals surface area contributed by atoms with Gasteiger partial charge in [0.25, 0.3) is 0 Å². The molecule has 1 unspecified atom stereocenters. The molecule has 1 aliphatic heterocycles. The summed E-state index contributed by atoms with van der Waals surface area (Å²) in [6.45, 7) is 9.16. The molecule has 1 saturated heterocycles. The molecule has 1 aromatic heterocycles. The number of thiazole rings is 1. The average Bonchev–Trinajstić information content (AvgIpc) is 3.09. The van der Waals surface area contributed by atoms with Gasteiger partial charge < -0.3 is 10.2 Å². The van der Waals surface area contributed by atoms with E-state index in [1.165, 1.54) is 55.9 Å². The predicted molar refractivity (Wildman–Crippen MR) is 90.0 cm³/mol. The van der Waals surface area contributed by atoms with Crippen molar-refractivity contribution in [2.24, 2.45) is 0 Å². The van der Waals surface area contributed by atoms with Crippen LogP contribution in [0.15, 0.2) is 5.38 Å². The summed E-state index contributed by atoms with van der Waals surface area (Å²) in [7, 11) is 2.25. The van der Waals surface area contributed by atoms with Gasteiger partial charge in [0.1, 0.15) is 5.01 Å². The minimum atomic E-state index is 0.125. The molecule has 1 N–H and O–H groups in total. The normalized spacial score (nSPS) is 28.6. The van der Waals surface area contributed by atoms with Crippen molar-refractivity contribution in [3.8, 4) is 0 Å². The first-order valence-corrected chi connectivity index (χ1v) is 9.20. The molecule has 118 valence electrons. The van der Waals surface area contributed by atoms with E-state index in [4.69, 9.17) is 4.98 Å². The van der Waals surface area contributed by atoms with E-state index < -0.39 is 0 Å². The zero-order chi connectivity index (χ0) is 15.1. The van der Waals surface area contributed by atoms with Gasteiger partial charge in [-0.05, 0) is 45.7 Å². The summed E-state index contributed by atoms with van der Waals surface area (Å²) >= 11 is 1.87. The lowest BCUT2D eigenvalue weighted by atomic mass is 9.90. The lowest BCUT2D eigenvalue weighted by Gasteiger charge is -2.32. The number of rotatable bonds is 3. The Bertz CT molecular complexity index is 486. The van der Waals surface area contributed by atoms with Crippen LogP contribution in [0.5, 0.6) is 0 Å². The molecular formula is C17H29N3S. The van der Waals surface area contributed by atoms with Crippen molar-refractivity contribution in [1.29, 1.82) is 0 Å². The summed E-state index contributed by atoms with van der Waals surface area (Å²) in [6, 6.07) is 0.732. The van der Waals surface area contributed by atoms with Crippen LogP contribution in [0.3, 0.4) is 0 Å². The van der Waals surface area contributed by atoms with Gasteiger partial charge in [0.2, 0.25) is 0 Å². The molecule has 0 bridgehead atoms. The fourth-order valence-corrected chi connectivity index (χ4v) is 4.41. The standard InChI is InChI=1S/C17H29N3S/c1-16(2,3)14-12-21-15(18-14)17(19-13-6-7-13)8-5-10-20(4)11-9-17/h12-13,19H,5-11H2,1-4H3. The van der Waals surface area contributed by atoms with Gasteiger partial charge in [0.15, 0.2) is 0 Å². The fourth-order valence-electron chi connectivity index (χ4n) is 3.15. The Balaban J connectivity index is 1.89. The molecule has 4 heteroatoms. The first-order valence-electron chi connectivity index (χ1n) is 8.32. The SMILES string of the molecule is CN1CCCC(NC2CC2)(c2nc(C(C)(C)C)cs2)CC1. The Hall–Kier alpha value is -0.450. The smallest absolute Gasteiger partial charge is 0.113 e. The number of nitrogens with zero attached hydrogens (tertiary/aromatic N) is 2. The van der Waals surface area contributed by atoms with Gasteiger partial charge in [0.05, 0.1) is 11.2 Å². The third kappa shape index (κ3) is 3.49. The van der Waals surface area contributed by atoms with Crippen LogP contribution in [0.25, 0.3) is 0 Å². The Morgan fingerprint density at radius 1 is 1.29 bits per heavy atom. The van der Waals surface area contributed by atoms with Crippen molar-refractivity contribution in [2.75, 3.05) is 20.1 Å². The summed E-state index contributed by atoms with van der Waals surface area (Å²) < 4.78 is 0. The molecule has 3 rings (SSSR count). The molecule has 1 aromatic rings. The summed E-state index contributed by atoms with van der Waals surface area (Å²) in [6.07, 6.45) is 6.37. The maximum atomic E-state index is 5.06. The molecular weight excluding hydrogens is 278 g/mol. The third-order valence-corrected chi connectivity index (χ3v) is 5.85. The van der Waals surface area contributed by atoms with Gasteiger partial charge >= 0.3 is 0 Å². The topological polar surface area (TPSA) is 28.2 Å². The third-order valence-electron chi connectivity index (χ3n) is 4.80. The first-order chi connectivity index (χ1) is 9.89. The maximum Gasteiger partial charge on any atom is 0.113 e. The van der Waals surface area contributed by atoms with Crippen LogP contribution in [0, 0.1) is 0 Å². The van der Waals surface area contributed by atoms with E-state index in [0.29, 0.717) is 0 Å². The Labute approximate surface area is 133 Å². The van der Waals surface area contributed by atoms with Crippen LogP contribution >= 0.6 is 11.3 Å². The lowest BCUT2D eigenvalue weighted by molar-refractivity contribution is 0.275. The second kappa shape index (κ2) is 5.64. The van der Waals surface area contributed by atoms with Crippen LogP contribution in [-0.4, -0.2) is 36.1 Å². The minimum Gasteiger partial charge on any atom is -0.306 e. The van der Waals surface area contributed by atoms with Gasteiger partial charge in [-0.2, -0.15) is 0 Å². The van der Waals surface area contributed by atoms with E-state index in [1.807, 2.05) is 11.3 Å². The molecule has 0 radical (unpaired) electrons. The lowest BCUT2D eigenvalue weighted by Crippen LogP contribution is -2.44. The molecule has 0 spiro atoms. The molecule has 2 aliphatic rings. The van der Waals surface area contributed by atoms with Crippen LogP contribution in [0.4, 0.5) is 0 Å². The molecule has 0 aromatic carbocycles. The highest BCUT2D eigenvalue weighted by Gasteiger charge is 2.41. The fraction of sp³-hybridized carbons (Fsp3) is 0.824. The first kappa shape index (κ1) is 15.4. The van der Waals surface area contributed by atoms with Crippen LogP contribution in [0.1, 0.15) is 63.6 Å². The van der Waals surface area contributed by atoms with E-state index in [1.54, 1.807) is 0 Å². The van der Waals surface area contributed by atoms with Crippen LogP contribution in [0.2, 0.25) is 0 Å². The summed E-state index contributed by atoms with van der Waals surface area (Å²) in [4.78, 5) is 7.53. The van der Waals surface area contributed by atoms with Crippen LogP contribution in [-0.2, 0) is 11.0 Å². The number of nitrogens with one attached hydrogen (secondary N) is 1. The van der Waals surface area contributed by atoms with E-state index in [2.05, 4.69) is 43.4 Å². The number of hydrogen-bond donors (Lipinski definition) is 1. The highest BCUT2D eigenvalue weighted by molar-refractivity contribution is 7.09. The quantitative estimate of drug-likeness (QED) is 0.926. The number of aromatic nitrogens is 1. The van der Waals surface area contributed by atoms with Crippen LogP contribution < -0.4 is 5.32 Å². The average molecular weight is 308 g/mol. The predicted octanol–water partition coefficient (Wildman–Crippen LogP) is 3.50. The van der Waals surface area contributed by atoms with E-state index >= 15 is 0 Å². The van der Waals surface area contributed by atoms with Crippen molar-refractivity contribution in [2.45, 2.75) is 69.9 Å². The zero-order valence-electron chi connectivity index (χ0n) is 13.9.